The number of nitrogens with two attached hydrogens (primary N) is 2. The number of amides is 2. The molecule has 2 aromatic carbocycles. The lowest BCUT2D eigenvalue weighted by Gasteiger charge is -2.46. The van der Waals surface area contributed by atoms with Gasteiger partial charge in [-0.25, -0.2) is 8.78 Å². The van der Waals surface area contributed by atoms with Gasteiger partial charge in [-0.1, -0.05) is 19.8 Å². The van der Waals surface area contributed by atoms with Gasteiger partial charge in [0.15, 0.2) is 23.1 Å². The predicted octanol–water partition coefficient (Wildman–Crippen LogP) is 4.98. The maximum absolute atomic E-state index is 13.9. The smallest absolute Gasteiger partial charge is 0.249 e. The molecule has 2 fully saturated rings. The molecule has 2 heterocycles. The highest BCUT2D eigenvalue weighted by molar-refractivity contribution is 5.95. The largest absolute Gasteiger partial charge is 0.489 e. The Morgan fingerprint density at radius 3 is 1.68 bits per heavy atom. The summed E-state index contributed by atoms with van der Waals surface area (Å²) in [5.41, 5.74) is 12.9. The van der Waals surface area contributed by atoms with Gasteiger partial charge in [0.1, 0.15) is 13.2 Å². The van der Waals surface area contributed by atoms with Crippen LogP contribution in [-0.4, -0.2) is 71.6 Å². The van der Waals surface area contributed by atoms with Crippen molar-refractivity contribution in [2.45, 2.75) is 109 Å². The fourth-order valence-electron chi connectivity index (χ4n) is 7.20. The molecule has 2 aliphatic carbocycles. The third-order valence-corrected chi connectivity index (χ3v) is 9.68. The Hall–Kier alpha value is -3.24. The summed E-state index contributed by atoms with van der Waals surface area (Å²) in [5, 5.41) is 0. The maximum atomic E-state index is 13.9. The standard InChI is InChI=1S/2C17H23FN2O2/c1-10(2)20(11-4-3-5-11)12-8-14-13(17(19)21)6-7-15(18)16(14)22-9-12;1-2-8-20(11-4-3-5-11)12-9-14-13(17(19)21)6-7-15(18)16(14)22-10-12/h6-7,10-12H,3-5,8-9H2,1-2H3,(H2,19,21);6-7,11-12H,2-5,8-10H2,1H3,(H2,19,21)/t2*12-/m11/s1. The van der Waals surface area contributed by atoms with Crippen LogP contribution in [0.4, 0.5) is 8.78 Å². The molecule has 2 aromatic rings. The first-order valence-corrected chi connectivity index (χ1v) is 16.1. The Balaban J connectivity index is 0.000000175. The third kappa shape index (κ3) is 6.56. The van der Waals surface area contributed by atoms with Gasteiger partial charge in [-0.05, 0) is 89.6 Å². The van der Waals surface area contributed by atoms with E-state index in [1.165, 1.54) is 62.8 Å². The van der Waals surface area contributed by atoms with Crippen molar-refractivity contribution < 1.29 is 27.8 Å². The quantitative estimate of drug-likeness (QED) is 0.413. The number of fused-ring (bicyclic) bond motifs is 2. The minimum Gasteiger partial charge on any atom is -0.489 e. The first-order valence-electron chi connectivity index (χ1n) is 16.1. The number of rotatable bonds is 9. The predicted molar refractivity (Wildman–Crippen MR) is 165 cm³/mol. The van der Waals surface area contributed by atoms with Gasteiger partial charge in [0.2, 0.25) is 11.8 Å². The molecule has 0 unspecified atom stereocenters. The molecule has 0 aromatic heterocycles. The zero-order valence-corrected chi connectivity index (χ0v) is 26.1. The van der Waals surface area contributed by atoms with Gasteiger partial charge >= 0.3 is 0 Å². The number of carbonyl (C=O) groups excluding carboxylic acids is 2. The molecule has 2 aliphatic heterocycles. The Kier molecular flexibility index (Phi) is 10.1. The van der Waals surface area contributed by atoms with Gasteiger partial charge in [-0.2, -0.15) is 0 Å². The summed E-state index contributed by atoms with van der Waals surface area (Å²) in [6.07, 6.45) is 9.69. The molecule has 6 rings (SSSR count). The van der Waals surface area contributed by atoms with Gasteiger partial charge in [-0.3, -0.25) is 19.4 Å². The van der Waals surface area contributed by atoms with E-state index in [-0.39, 0.29) is 23.6 Å². The molecule has 8 nitrogen and oxygen atoms in total. The molecular formula is C34H46F2N4O4. The summed E-state index contributed by atoms with van der Waals surface area (Å²) in [7, 11) is 0. The fraction of sp³-hybridized carbons (Fsp3) is 0.588. The number of halogens is 2. The highest BCUT2D eigenvalue weighted by Gasteiger charge is 2.37. The Morgan fingerprint density at radius 1 is 0.795 bits per heavy atom. The van der Waals surface area contributed by atoms with Crippen LogP contribution in [0.15, 0.2) is 24.3 Å². The zero-order valence-electron chi connectivity index (χ0n) is 26.1. The molecule has 0 spiro atoms. The van der Waals surface area contributed by atoms with Crippen molar-refractivity contribution in [3.05, 3.63) is 58.2 Å². The van der Waals surface area contributed by atoms with Crippen molar-refractivity contribution in [1.82, 2.24) is 9.80 Å². The van der Waals surface area contributed by atoms with Gasteiger partial charge in [0.25, 0.3) is 0 Å². The summed E-state index contributed by atoms with van der Waals surface area (Å²) >= 11 is 0. The van der Waals surface area contributed by atoms with Crippen molar-refractivity contribution in [1.29, 1.82) is 0 Å². The molecule has 0 saturated heterocycles. The molecule has 2 atom stereocenters. The molecule has 2 saturated carbocycles. The highest BCUT2D eigenvalue weighted by Crippen LogP contribution is 2.37. The molecule has 0 radical (unpaired) electrons. The van der Waals surface area contributed by atoms with E-state index in [4.69, 9.17) is 20.9 Å². The minimum atomic E-state index is -0.528. The minimum absolute atomic E-state index is 0.165. The molecule has 4 aliphatic rings. The van der Waals surface area contributed by atoms with Crippen LogP contribution in [0.3, 0.4) is 0 Å². The second-order valence-electron chi connectivity index (χ2n) is 12.8. The lowest BCUT2D eigenvalue weighted by Crippen LogP contribution is -2.54. The van der Waals surface area contributed by atoms with Gasteiger partial charge < -0.3 is 20.9 Å². The SMILES string of the molecule is CC(C)N(C1CCC1)[C@H]1COc2c(F)ccc(C(N)=O)c2C1.CCCN(C1CCC1)[C@H]1COc2c(F)ccc(C(N)=O)c2C1. The Morgan fingerprint density at radius 2 is 1.27 bits per heavy atom. The third-order valence-electron chi connectivity index (χ3n) is 9.68. The second-order valence-corrected chi connectivity index (χ2v) is 12.8. The van der Waals surface area contributed by atoms with E-state index in [9.17, 15) is 18.4 Å². The van der Waals surface area contributed by atoms with Gasteiger partial charge in [0, 0.05) is 52.5 Å². The number of hydrogen-bond acceptors (Lipinski definition) is 6. The average Bonchev–Trinajstić information content (AvgIpc) is 2.93. The van der Waals surface area contributed by atoms with Crippen LogP contribution in [0.25, 0.3) is 0 Å². The molecule has 44 heavy (non-hydrogen) atoms. The number of primary amides is 2. The Labute approximate surface area is 259 Å². The Bertz CT molecular complexity index is 1360. The number of benzene rings is 2. The van der Waals surface area contributed by atoms with E-state index < -0.39 is 23.4 Å². The lowest BCUT2D eigenvalue weighted by molar-refractivity contribution is 0.0184. The van der Waals surface area contributed by atoms with Gasteiger partial charge in [0.05, 0.1) is 0 Å². The number of nitrogens with zero attached hydrogens (tertiary/aromatic N) is 2. The van der Waals surface area contributed by atoms with E-state index in [0.29, 0.717) is 66.4 Å². The van der Waals surface area contributed by atoms with Crippen LogP contribution >= 0.6 is 0 Å². The summed E-state index contributed by atoms with van der Waals surface area (Å²) in [6, 6.07) is 7.37. The lowest BCUT2D eigenvalue weighted by atomic mass is 9.87. The van der Waals surface area contributed by atoms with Crippen molar-refractivity contribution in [2.24, 2.45) is 11.5 Å². The van der Waals surface area contributed by atoms with Gasteiger partial charge in [-0.15, -0.1) is 0 Å². The molecular weight excluding hydrogens is 566 g/mol. The monoisotopic (exact) mass is 612 g/mol. The molecule has 4 N–H and O–H groups in total. The molecule has 240 valence electrons. The number of carbonyl (C=O) groups is 2. The summed E-state index contributed by atoms with van der Waals surface area (Å²) in [5.74, 6) is -1.48. The van der Waals surface area contributed by atoms with Crippen LogP contribution in [0.1, 0.15) is 97.6 Å². The zero-order chi connectivity index (χ0) is 31.5. The van der Waals surface area contributed by atoms with E-state index in [1.807, 2.05) is 0 Å². The fourth-order valence-corrected chi connectivity index (χ4v) is 7.20. The average molecular weight is 613 g/mol. The van der Waals surface area contributed by atoms with Crippen molar-refractivity contribution in [3.8, 4) is 11.5 Å². The molecule has 10 heteroatoms. The van der Waals surface area contributed by atoms with Crippen molar-refractivity contribution in [3.63, 3.8) is 0 Å². The van der Waals surface area contributed by atoms with Crippen LogP contribution in [0.5, 0.6) is 11.5 Å². The van der Waals surface area contributed by atoms with E-state index in [1.54, 1.807) is 0 Å². The number of ether oxygens (including phenoxy) is 2. The maximum Gasteiger partial charge on any atom is 0.249 e. The van der Waals surface area contributed by atoms with E-state index in [2.05, 4.69) is 30.6 Å². The van der Waals surface area contributed by atoms with Crippen LogP contribution in [0.2, 0.25) is 0 Å². The summed E-state index contributed by atoms with van der Waals surface area (Å²) in [6.45, 7) is 8.46. The molecule has 2 amide bonds. The van der Waals surface area contributed by atoms with Crippen LogP contribution in [0, 0.1) is 11.6 Å². The topological polar surface area (TPSA) is 111 Å². The highest BCUT2D eigenvalue weighted by atomic mass is 19.1. The van der Waals surface area contributed by atoms with Crippen molar-refractivity contribution >= 4 is 11.8 Å². The molecule has 0 bridgehead atoms. The summed E-state index contributed by atoms with van der Waals surface area (Å²) in [4.78, 5) is 28.2. The number of hydrogen-bond donors (Lipinski definition) is 2. The van der Waals surface area contributed by atoms with Crippen LogP contribution < -0.4 is 20.9 Å². The first-order chi connectivity index (χ1) is 21.1. The second kappa shape index (κ2) is 13.8. The van der Waals surface area contributed by atoms with Crippen LogP contribution in [-0.2, 0) is 12.8 Å². The normalized spacial score (nSPS) is 21.3. The van der Waals surface area contributed by atoms with Crippen molar-refractivity contribution in [2.75, 3.05) is 19.8 Å². The summed E-state index contributed by atoms with van der Waals surface area (Å²) < 4.78 is 39.2. The van der Waals surface area contributed by atoms with E-state index in [0.717, 1.165) is 13.0 Å². The first kappa shape index (κ1) is 32.2. The van der Waals surface area contributed by atoms with E-state index >= 15 is 0 Å².